The molecule has 120 valence electrons. The number of aliphatic hydroxyl groups excluding tert-OH is 1. The van der Waals surface area contributed by atoms with Crippen molar-refractivity contribution in [3.8, 4) is 5.75 Å². The van der Waals surface area contributed by atoms with Gasteiger partial charge in [0.1, 0.15) is 5.75 Å². The molecule has 1 heterocycles. The van der Waals surface area contributed by atoms with Crippen LogP contribution in [0.1, 0.15) is 11.1 Å². The van der Waals surface area contributed by atoms with E-state index >= 15 is 0 Å². The molecule has 0 unspecified atom stereocenters. The molecular weight excluding hydrogens is 308 g/mol. The first kappa shape index (κ1) is 15.9. The molecule has 0 bridgehead atoms. The lowest BCUT2D eigenvalue weighted by Gasteiger charge is -2.12. The van der Waals surface area contributed by atoms with E-state index < -0.39 is 6.10 Å². The lowest BCUT2D eigenvalue weighted by Crippen LogP contribution is -2.18. The van der Waals surface area contributed by atoms with E-state index in [9.17, 15) is 10.2 Å². The normalized spacial score (nSPS) is 12.7. The maximum absolute atomic E-state index is 10.3. The Labute approximate surface area is 139 Å². The summed E-state index contributed by atoms with van der Waals surface area (Å²) in [5.74, 6) is 0.848. The van der Waals surface area contributed by atoms with Crippen molar-refractivity contribution in [3.05, 3.63) is 53.9 Å². The van der Waals surface area contributed by atoms with Gasteiger partial charge in [0.2, 0.25) is 0 Å². The molecule has 0 saturated carbocycles. The topological polar surface area (TPSA) is 58.3 Å². The molecule has 0 amide bonds. The van der Waals surface area contributed by atoms with Crippen molar-refractivity contribution in [1.29, 1.82) is 0 Å². The number of phenols is 1. The number of thioether (sulfide) groups is 1. The van der Waals surface area contributed by atoms with Crippen LogP contribution >= 0.6 is 11.8 Å². The summed E-state index contributed by atoms with van der Waals surface area (Å²) in [5, 5.41) is 19.6. The minimum atomic E-state index is -0.465. The van der Waals surface area contributed by atoms with Crippen LogP contribution in [-0.2, 0) is 6.54 Å². The average molecular weight is 328 g/mol. The van der Waals surface area contributed by atoms with Crippen LogP contribution in [0.2, 0.25) is 0 Å². The molecule has 0 aliphatic heterocycles. The predicted octanol–water partition coefficient (Wildman–Crippen LogP) is 3.51. The first-order valence-corrected chi connectivity index (χ1v) is 8.53. The second-order valence-electron chi connectivity index (χ2n) is 5.78. The lowest BCUT2D eigenvalue weighted by atomic mass is 10.1. The van der Waals surface area contributed by atoms with E-state index in [1.54, 1.807) is 30.2 Å². The number of nitrogens with zero attached hydrogens (tertiary/aromatic N) is 2. The van der Waals surface area contributed by atoms with Gasteiger partial charge >= 0.3 is 0 Å². The standard InChI is InChI=1S/C18H20N2O2S/c1-12-7-17-18(8-13(12)2)20(11-19-17)9-15(22)10-23-16-5-3-14(21)4-6-16/h3-8,11,15,21-22H,9-10H2,1-2H3/t15-/m1/s1. The van der Waals surface area contributed by atoms with Gasteiger partial charge in [0.15, 0.2) is 0 Å². The first-order chi connectivity index (χ1) is 11.0. The molecule has 0 fully saturated rings. The van der Waals surface area contributed by atoms with Crippen molar-refractivity contribution < 1.29 is 10.2 Å². The fraction of sp³-hybridized carbons (Fsp3) is 0.278. The smallest absolute Gasteiger partial charge is 0.115 e. The number of phenolic OH excluding ortho intramolecular Hbond substituents is 1. The van der Waals surface area contributed by atoms with Crippen LogP contribution in [0.4, 0.5) is 0 Å². The summed E-state index contributed by atoms with van der Waals surface area (Å²) in [6.45, 7) is 4.68. The minimum Gasteiger partial charge on any atom is -0.508 e. The molecule has 3 aromatic rings. The van der Waals surface area contributed by atoms with Crippen LogP contribution in [0.5, 0.6) is 5.75 Å². The Hall–Kier alpha value is -1.98. The first-order valence-electron chi connectivity index (χ1n) is 7.55. The number of aryl methyl sites for hydroxylation is 2. The van der Waals surface area contributed by atoms with Crippen molar-refractivity contribution in [2.75, 3.05) is 5.75 Å². The highest BCUT2D eigenvalue weighted by Crippen LogP contribution is 2.23. The summed E-state index contributed by atoms with van der Waals surface area (Å²) in [5.41, 5.74) is 4.48. The van der Waals surface area contributed by atoms with Gasteiger partial charge in [-0.25, -0.2) is 4.98 Å². The SMILES string of the molecule is Cc1cc2ncn(C[C@@H](O)CSc3ccc(O)cc3)c2cc1C. The fourth-order valence-corrected chi connectivity index (χ4v) is 3.29. The molecule has 23 heavy (non-hydrogen) atoms. The van der Waals surface area contributed by atoms with Crippen molar-refractivity contribution in [2.45, 2.75) is 31.4 Å². The van der Waals surface area contributed by atoms with Crippen molar-refractivity contribution in [1.82, 2.24) is 9.55 Å². The Kier molecular flexibility index (Phi) is 4.59. The summed E-state index contributed by atoms with van der Waals surface area (Å²) in [7, 11) is 0. The van der Waals surface area contributed by atoms with E-state index in [4.69, 9.17) is 0 Å². The lowest BCUT2D eigenvalue weighted by molar-refractivity contribution is 0.179. The van der Waals surface area contributed by atoms with Crippen molar-refractivity contribution in [2.24, 2.45) is 0 Å². The highest BCUT2D eigenvalue weighted by molar-refractivity contribution is 7.99. The Morgan fingerprint density at radius 1 is 1.13 bits per heavy atom. The summed E-state index contributed by atoms with van der Waals surface area (Å²) >= 11 is 1.58. The minimum absolute atomic E-state index is 0.255. The van der Waals surface area contributed by atoms with Crippen LogP contribution in [0.15, 0.2) is 47.6 Å². The fourth-order valence-electron chi connectivity index (χ4n) is 2.47. The van der Waals surface area contributed by atoms with E-state index in [0.717, 1.165) is 15.9 Å². The number of imidazole rings is 1. The Morgan fingerprint density at radius 3 is 2.57 bits per heavy atom. The second kappa shape index (κ2) is 6.64. The number of aliphatic hydroxyl groups is 1. The highest BCUT2D eigenvalue weighted by atomic mass is 32.2. The van der Waals surface area contributed by atoms with Crippen LogP contribution < -0.4 is 0 Å². The maximum atomic E-state index is 10.3. The van der Waals surface area contributed by atoms with Crippen LogP contribution in [-0.4, -0.2) is 31.6 Å². The third-order valence-electron chi connectivity index (χ3n) is 3.92. The molecule has 5 heteroatoms. The molecule has 1 aromatic heterocycles. The van der Waals surface area contributed by atoms with Gasteiger partial charge < -0.3 is 14.8 Å². The summed E-state index contributed by atoms with van der Waals surface area (Å²) in [6.07, 6.45) is 1.32. The predicted molar refractivity (Wildman–Crippen MR) is 94.0 cm³/mol. The van der Waals surface area contributed by atoms with E-state index in [2.05, 4.69) is 31.0 Å². The second-order valence-corrected chi connectivity index (χ2v) is 6.87. The summed E-state index contributed by atoms with van der Waals surface area (Å²) in [4.78, 5) is 5.45. The van der Waals surface area contributed by atoms with E-state index in [1.165, 1.54) is 11.1 Å². The monoisotopic (exact) mass is 328 g/mol. The molecule has 2 aromatic carbocycles. The summed E-state index contributed by atoms with van der Waals surface area (Å²) in [6, 6.07) is 11.2. The summed E-state index contributed by atoms with van der Waals surface area (Å²) < 4.78 is 2.00. The zero-order chi connectivity index (χ0) is 16.4. The van der Waals surface area contributed by atoms with Crippen LogP contribution in [0, 0.1) is 13.8 Å². The zero-order valence-corrected chi connectivity index (χ0v) is 14.0. The zero-order valence-electron chi connectivity index (χ0n) is 13.2. The van der Waals surface area contributed by atoms with Gasteiger partial charge in [-0.15, -0.1) is 11.8 Å². The third kappa shape index (κ3) is 3.68. The molecule has 0 spiro atoms. The van der Waals surface area contributed by atoms with Gasteiger partial charge in [0.05, 0.1) is 30.0 Å². The quantitative estimate of drug-likeness (QED) is 0.704. The van der Waals surface area contributed by atoms with Gasteiger partial charge in [-0.1, -0.05) is 0 Å². The van der Waals surface area contributed by atoms with E-state index in [-0.39, 0.29) is 5.75 Å². The van der Waals surface area contributed by atoms with Gasteiger partial charge in [0, 0.05) is 10.6 Å². The average Bonchev–Trinajstić information content (AvgIpc) is 2.89. The third-order valence-corrected chi connectivity index (χ3v) is 5.08. The number of fused-ring (bicyclic) bond motifs is 1. The van der Waals surface area contributed by atoms with Crippen LogP contribution in [0.3, 0.4) is 0 Å². The largest absolute Gasteiger partial charge is 0.508 e. The molecule has 2 N–H and O–H groups in total. The number of aromatic nitrogens is 2. The number of aromatic hydroxyl groups is 1. The number of benzene rings is 2. The van der Waals surface area contributed by atoms with E-state index in [0.29, 0.717) is 12.3 Å². The molecule has 0 saturated heterocycles. The molecule has 0 aliphatic carbocycles. The van der Waals surface area contributed by atoms with Crippen LogP contribution in [0.25, 0.3) is 11.0 Å². The van der Waals surface area contributed by atoms with Gasteiger partial charge in [0.25, 0.3) is 0 Å². The van der Waals surface area contributed by atoms with Gasteiger partial charge in [-0.05, 0) is 61.4 Å². The number of hydrogen-bond donors (Lipinski definition) is 2. The van der Waals surface area contributed by atoms with Gasteiger partial charge in [-0.2, -0.15) is 0 Å². The molecule has 0 radical (unpaired) electrons. The number of hydrogen-bond acceptors (Lipinski definition) is 4. The van der Waals surface area contributed by atoms with E-state index in [1.807, 2.05) is 16.7 Å². The Bertz CT molecular complexity index is 812. The maximum Gasteiger partial charge on any atom is 0.115 e. The Morgan fingerprint density at radius 2 is 1.83 bits per heavy atom. The van der Waals surface area contributed by atoms with Crippen molar-refractivity contribution >= 4 is 22.8 Å². The van der Waals surface area contributed by atoms with Gasteiger partial charge in [-0.3, -0.25) is 0 Å². The molecule has 0 aliphatic rings. The highest BCUT2D eigenvalue weighted by Gasteiger charge is 2.10. The van der Waals surface area contributed by atoms with Crippen molar-refractivity contribution in [3.63, 3.8) is 0 Å². The number of rotatable bonds is 5. The Balaban J connectivity index is 1.67. The molecular formula is C18H20N2O2S. The molecule has 1 atom stereocenters. The molecule has 3 rings (SSSR count). The molecule has 4 nitrogen and oxygen atoms in total.